The van der Waals surface area contributed by atoms with Gasteiger partial charge in [-0.05, 0) is 61.6 Å². The van der Waals surface area contributed by atoms with Crippen LogP contribution >= 0.6 is 0 Å². The second kappa shape index (κ2) is 11.7. The number of nitrogens with one attached hydrogen (secondary N) is 1. The Labute approximate surface area is 188 Å². The van der Waals surface area contributed by atoms with Gasteiger partial charge in [-0.3, -0.25) is 4.79 Å². The molecule has 0 unspecified atom stereocenters. The Morgan fingerprint density at radius 1 is 0.844 bits per heavy atom. The number of anilines is 1. The molecule has 3 aromatic carbocycles. The molecule has 0 aromatic heterocycles. The number of carbonyl (C=O) groups is 2. The summed E-state index contributed by atoms with van der Waals surface area (Å²) in [5.41, 5.74) is 1.43. The number of rotatable bonds is 10. The largest absolute Gasteiger partial charge is 0.461 e. The standard InChI is InChI=1S/C26H28N2O4/c1-3-28(4-2)18-19-31-26(30)20-14-16-21(17-15-20)27-25(29)23-12-8-9-13-24(23)32-22-10-6-5-7-11-22/h5-17H,3-4,18-19H2,1-2H3,(H,27,29). The number of ether oxygens (including phenoxy) is 2. The van der Waals surface area contributed by atoms with Crippen LogP contribution in [-0.4, -0.2) is 43.0 Å². The lowest BCUT2D eigenvalue weighted by atomic mass is 10.1. The first-order valence-electron chi connectivity index (χ1n) is 10.7. The lowest BCUT2D eigenvalue weighted by Crippen LogP contribution is -2.27. The Morgan fingerprint density at radius 2 is 1.50 bits per heavy atom. The highest BCUT2D eigenvalue weighted by atomic mass is 16.5. The molecule has 166 valence electrons. The minimum Gasteiger partial charge on any atom is -0.461 e. The summed E-state index contributed by atoms with van der Waals surface area (Å²) in [5.74, 6) is 0.434. The van der Waals surface area contributed by atoms with Crippen molar-refractivity contribution in [2.24, 2.45) is 0 Å². The Hall–Kier alpha value is -3.64. The van der Waals surface area contributed by atoms with Crippen LogP contribution in [0.4, 0.5) is 5.69 Å². The quantitative estimate of drug-likeness (QED) is 0.444. The molecule has 0 saturated heterocycles. The zero-order valence-corrected chi connectivity index (χ0v) is 18.4. The molecule has 3 rings (SSSR count). The summed E-state index contributed by atoms with van der Waals surface area (Å²) in [6.07, 6.45) is 0. The third-order valence-corrected chi connectivity index (χ3v) is 5.02. The summed E-state index contributed by atoms with van der Waals surface area (Å²) in [6.45, 7) is 7.04. The lowest BCUT2D eigenvalue weighted by molar-refractivity contribution is 0.0466. The molecule has 0 aliphatic carbocycles. The molecule has 0 aliphatic rings. The maximum atomic E-state index is 12.8. The van der Waals surface area contributed by atoms with E-state index in [1.165, 1.54) is 0 Å². The molecule has 0 atom stereocenters. The van der Waals surface area contributed by atoms with E-state index in [1.807, 2.05) is 36.4 Å². The van der Waals surface area contributed by atoms with Gasteiger partial charge in [0.15, 0.2) is 0 Å². The Kier molecular flexibility index (Phi) is 8.40. The van der Waals surface area contributed by atoms with Gasteiger partial charge >= 0.3 is 5.97 Å². The first-order chi connectivity index (χ1) is 15.6. The molecule has 3 aromatic rings. The second-order valence-corrected chi connectivity index (χ2v) is 7.11. The number of esters is 1. The van der Waals surface area contributed by atoms with Gasteiger partial charge in [0, 0.05) is 12.2 Å². The highest BCUT2D eigenvalue weighted by molar-refractivity contribution is 6.06. The molecule has 1 N–H and O–H groups in total. The normalized spacial score (nSPS) is 10.6. The van der Waals surface area contributed by atoms with Gasteiger partial charge in [-0.25, -0.2) is 4.79 Å². The van der Waals surface area contributed by atoms with Crippen LogP contribution < -0.4 is 10.1 Å². The van der Waals surface area contributed by atoms with E-state index in [0.29, 0.717) is 41.5 Å². The fraction of sp³-hybridized carbons (Fsp3) is 0.231. The van der Waals surface area contributed by atoms with Crippen molar-refractivity contribution in [3.05, 3.63) is 90.0 Å². The first kappa shape index (κ1) is 23.0. The lowest BCUT2D eigenvalue weighted by Gasteiger charge is -2.17. The van der Waals surface area contributed by atoms with Crippen LogP contribution in [-0.2, 0) is 4.74 Å². The van der Waals surface area contributed by atoms with E-state index in [2.05, 4.69) is 24.1 Å². The molecule has 6 nitrogen and oxygen atoms in total. The van der Waals surface area contributed by atoms with Gasteiger partial charge in [-0.15, -0.1) is 0 Å². The minimum absolute atomic E-state index is 0.300. The Morgan fingerprint density at radius 3 is 2.19 bits per heavy atom. The van der Waals surface area contributed by atoms with Crippen molar-refractivity contribution in [3.63, 3.8) is 0 Å². The smallest absolute Gasteiger partial charge is 0.338 e. The predicted octanol–water partition coefficient (Wildman–Crippen LogP) is 5.23. The van der Waals surface area contributed by atoms with E-state index in [1.54, 1.807) is 42.5 Å². The average molecular weight is 433 g/mol. The van der Waals surface area contributed by atoms with Crippen LogP contribution in [0.2, 0.25) is 0 Å². The fourth-order valence-electron chi connectivity index (χ4n) is 3.14. The van der Waals surface area contributed by atoms with Crippen molar-refractivity contribution in [3.8, 4) is 11.5 Å². The number of hydrogen-bond donors (Lipinski definition) is 1. The SMILES string of the molecule is CCN(CC)CCOC(=O)c1ccc(NC(=O)c2ccccc2Oc2ccccc2)cc1. The van der Waals surface area contributed by atoms with Crippen LogP contribution in [0.1, 0.15) is 34.6 Å². The van der Waals surface area contributed by atoms with Gasteiger partial charge in [0.05, 0.1) is 11.1 Å². The van der Waals surface area contributed by atoms with Crippen LogP contribution in [0.15, 0.2) is 78.9 Å². The van der Waals surface area contributed by atoms with E-state index in [-0.39, 0.29) is 11.9 Å². The maximum absolute atomic E-state index is 12.8. The molecule has 6 heteroatoms. The molecule has 0 bridgehead atoms. The molecule has 0 radical (unpaired) electrons. The predicted molar refractivity (Wildman–Crippen MR) is 125 cm³/mol. The number of likely N-dealkylation sites (N-methyl/N-ethyl adjacent to an activating group) is 1. The van der Waals surface area contributed by atoms with E-state index in [9.17, 15) is 9.59 Å². The van der Waals surface area contributed by atoms with Crippen molar-refractivity contribution < 1.29 is 19.1 Å². The van der Waals surface area contributed by atoms with Crippen molar-refractivity contribution >= 4 is 17.6 Å². The number of hydrogen-bond acceptors (Lipinski definition) is 5. The van der Waals surface area contributed by atoms with Crippen molar-refractivity contribution in [2.45, 2.75) is 13.8 Å². The van der Waals surface area contributed by atoms with Gasteiger partial charge in [0.25, 0.3) is 5.91 Å². The molecule has 0 fully saturated rings. The third-order valence-electron chi connectivity index (χ3n) is 5.02. The molecular formula is C26H28N2O4. The van der Waals surface area contributed by atoms with Crippen molar-refractivity contribution in [1.29, 1.82) is 0 Å². The van der Waals surface area contributed by atoms with Gasteiger partial charge in [-0.2, -0.15) is 0 Å². The van der Waals surface area contributed by atoms with Gasteiger partial charge in [0.1, 0.15) is 18.1 Å². The number of carbonyl (C=O) groups excluding carboxylic acids is 2. The molecule has 1 amide bonds. The molecule has 0 aliphatic heterocycles. The van der Waals surface area contributed by atoms with Gasteiger partial charge < -0.3 is 19.7 Å². The number of para-hydroxylation sites is 2. The maximum Gasteiger partial charge on any atom is 0.338 e. The van der Waals surface area contributed by atoms with Crippen LogP contribution in [0.25, 0.3) is 0 Å². The molecule has 32 heavy (non-hydrogen) atoms. The summed E-state index contributed by atoms with van der Waals surface area (Å²) in [7, 11) is 0. The summed E-state index contributed by atoms with van der Waals surface area (Å²) in [5, 5.41) is 2.85. The first-order valence-corrected chi connectivity index (χ1v) is 10.7. The van der Waals surface area contributed by atoms with Crippen LogP contribution in [0.5, 0.6) is 11.5 Å². The van der Waals surface area contributed by atoms with E-state index < -0.39 is 0 Å². The van der Waals surface area contributed by atoms with Crippen molar-refractivity contribution in [2.75, 3.05) is 31.6 Å². The summed E-state index contributed by atoms with van der Waals surface area (Å²) < 4.78 is 11.2. The van der Waals surface area contributed by atoms with Crippen molar-refractivity contribution in [1.82, 2.24) is 4.90 Å². The topological polar surface area (TPSA) is 67.9 Å². The van der Waals surface area contributed by atoms with Crippen LogP contribution in [0.3, 0.4) is 0 Å². The zero-order chi connectivity index (χ0) is 22.8. The Balaban J connectivity index is 1.60. The summed E-state index contributed by atoms with van der Waals surface area (Å²) >= 11 is 0. The molecule has 0 heterocycles. The average Bonchev–Trinajstić information content (AvgIpc) is 2.83. The monoisotopic (exact) mass is 432 g/mol. The van der Waals surface area contributed by atoms with E-state index in [4.69, 9.17) is 9.47 Å². The Bertz CT molecular complexity index is 1020. The molecule has 0 saturated carbocycles. The second-order valence-electron chi connectivity index (χ2n) is 7.11. The van der Waals surface area contributed by atoms with E-state index >= 15 is 0 Å². The molecular weight excluding hydrogens is 404 g/mol. The summed E-state index contributed by atoms with van der Waals surface area (Å²) in [6, 6.07) is 23.0. The third kappa shape index (κ3) is 6.43. The van der Waals surface area contributed by atoms with Gasteiger partial charge in [-0.1, -0.05) is 44.2 Å². The highest BCUT2D eigenvalue weighted by Gasteiger charge is 2.14. The summed E-state index contributed by atoms with van der Waals surface area (Å²) in [4.78, 5) is 27.2. The highest BCUT2D eigenvalue weighted by Crippen LogP contribution is 2.26. The fourth-order valence-corrected chi connectivity index (χ4v) is 3.14. The van der Waals surface area contributed by atoms with Gasteiger partial charge in [0.2, 0.25) is 0 Å². The molecule has 0 spiro atoms. The minimum atomic E-state index is -0.378. The number of benzene rings is 3. The number of nitrogens with zero attached hydrogens (tertiary/aromatic N) is 1. The number of amides is 1. The van der Waals surface area contributed by atoms with Crippen LogP contribution in [0, 0.1) is 0 Å². The zero-order valence-electron chi connectivity index (χ0n) is 18.4. The van der Waals surface area contributed by atoms with E-state index in [0.717, 1.165) is 13.1 Å².